The molecule has 0 radical (unpaired) electrons. The summed E-state index contributed by atoms with van der Waals surface area (Å²) in [6.45, 7) is 4.92. The molecule has 0 aromatic heterocycles. The van der Waals surface area contributed by atoms with Crippen LogP contribution in [-0.4, -0.2) is 60.5 Å². The van der Waals surface area contributed by atoms with E-state index in [1.54, 1.807) is 0 Å². The molecule has 84 valence electrons. The van der Waals surface area contributed by atoms with E-state index in [0.29, 0.717) is 6.54 Å². The second kappa shape index (κ2) is 7.17. The molecule has 0 spiro atoms. The Morgan fingerprint density at radius 3 is 2.64 bits per heavy atom. The number of aliphatic hydroxyl groups excluding tert-OH is 2. The van der Waals surface area contributed by atoms with Crippen LogP contribution in [0, 0.1) is 0 Å². The molecule has 0 saturated carbocycles. The number of rotatable bonds is 7. The number of hydrogen-bond acceptors (Lipinski definition) is 4. The van der Waals surface area contributed by atoms with E-state index in [2.05, 4.69) is 10.2 Å². The Morgan fingerprint density at radius 2 is 2.00 bits per heavy atom. The minimum Gasteiger partial charge on any atom is -0.394 e. The lowest BCUT2D eigenvalue weighted by Gasteiger charge is -2.14. The lowest BCUT2D eigenvalue weighted by molar-refractivity contribution is 0.0944. The van der Waals surface area contributed by atoms with Crippen LogP contribution in [0.25, 0.3) is 0 Å². The van der Waals surface area contributed by atoms with Crippen LogP contribution >= 0.6 is 0 Å². The molecule has 0 amide bonds. The SMILES string of the molecule is OCC(O)CNCCCN1CCCC1. The van der Waals surface area contributed by atoms with Crippen LogP contribution in [0.1, 0.15) is 19.3 Å². The fourth-order valence-electron chi connectivity index (χ4n) is 1.77. The fourth-order valence-corrected chi connectivity index (χ4v) is 1.77. The predicted octanol–water partition coefficient (Wildman–Crippen LogP) is -0.585. The second-order valence-electron chi connectivity index (χ2n) is 3.94. The zero-order valence-corrected chi connectivity index (χ0v) is 8.78. The van der Waals surface area contributed by atoms with Crippen LogP contribution in [0.3, 0.4) is 0 Å². The average molecular weight is 202 g/mol. The summed E-state index contributed by atoms with van der Waals surface area (Å²) in [6, 6.07) is 0. The molecule has 1 rings (SSSR count). The summed E-state index contributed by atoms with van der Waals surface area (Å²) in [4.78, 5) is 2.48. The van der Waals surface area contributed by atoms with Crippen molar-refractivity contribution in [1.82, 2.24) is 10.2 Å². The van der Waals surface area contributed by atoms with E-state index < -0.39 is 6.10 Å². The Bertz CT molecular complexity index is 138. The summed E-state index contributed by atoms with van der Waals surface area (Å²) in [5.74, 6) is 0. The molecule has 4 nitrogen and oxygen atoms in total. The van der Waals surface area contributed by atoms with Gasteiger partial charge >= 0.3 is 0 Å². The van der Waals surface area contributed by atoms with Gasteiger partial charge in [-0.1, -0.05) is 0 Å². The van der Waals surface area contributed by atoms with Crippen LogP contribution < -0.4 is 5.32 Å². The van der Waals surface area contributed by atoms with Crippen LogP contribution in [0.5, 0.6) is 0 Å². The Kier molecular flexibility index (Phi) is 6.10. The van der Waals surface area contributed by atoms with Gasteiger partial charge in [-0.3, -0.25) is 0 Å². The highest BCUT2D eigenvalue weighted by Crippen LogP contribution is 2.06. The highest BCUT2D eigenvalue weighted by atomic mass is 16.3. The highest BCUT2D eigenvalue weighted by molar-refractivity contribution is 4.66. The van der Waals surface area contributed by atoms with Gasteiger partial charge < -0.3 is 20.4 Å². The smallest absolute Gasteiger partial charge is 0.0894 e. The van der Waals surface area contributed by atoms with Crippen LogP contribution in [-0.2, 0) is 0 Å². The van der Waals surface area contributed by atoms with Gasteiger partial charge in [-0.15, -0.1) is 0 Å². The molecular weight excluding hydrogens is 180 g/mol. The van der Waals surface area contributed by atoms with Crippen molar-refractivity contribution in [1.29, 1.82) is 0 Å². The summed E-state index contributed by atoms with van der Waals surface area (Å²) in [5, 5.41) is 20.7. The van der Waals surface area contributed by atoms with E-state index in [4.69, 9.17) is 10.2 Å². The monoisotopic (exact) mass is 202 g/mol. The minimum atomic E-state index is -0.609. The van der Waals surface area contributed by atoms with Crippen molar-refractivity contribution in [3.8, 4) is 0 Å². The average Bonchev–Trinajstić information content (AvgIpc) is 2.69. The summed E-state index contributed by atoms with van der Waals surface area (Å²) >= 11 is 0. The van der Waals surface area contributed by atoms with Crippen molar-refractivity contribution in [3.05, 3.63) is 0 Å². The Hall–Kier alpha value is -0.160. The van der Waals surface area contributed by atoms with Gasteiger partial charge in [0.15, 0.2) is 0 Å². The highest BCUT2D eigenvalue weighted by Gasteiger charge is 2.09. The van der Waals surface area contributed by atoms with Crippen molar-refractivity contribution in [2.75, 3.05) is 39.3 Å². The molecule has 1 saturated heterocycles. The molecule has 0 aromatic carbocycles. The first-order valence-electron chi connectivity index (χ1n) is 5.55. The first-order valence-corrected chi connectivity index (χ1v) is 5.55. The quantitative estimate of drug-likeness (QED) is 0.483. The molecule has 1 heterocycles. The molecule has 1 aliphatic heterocycles. The van der Waals surface area contributed by atoms with E-state index >= 15 is 0 Å². The number of nitrogens with one attached hydrogen (secondary N) is 1. The summed E-state index contributed by atoms with van der Waals surface area (Å²) in [5.41, 5.74) is 0. The van der Waals surface area contributed by atoms with E-state index in [0.717, 1.165) is 19.5 Å². The fraction of sp³-hybridized carbons (Fsp3) is 1.00. The van der Waals surface area contributed by atoms with Gasteiger partial charge in [0.05, 0.1) is 12.7 Å². The predicted molar refractivity (Wildman–Crippen MR) is 56.3 cm³/mol. The van der Waals surface area contributed by atoms with E-state index in [-0.39, 0.29) is 6.61 Å². The summed E-state index contributed by atoms with van der Waals surface area (Å²) in [6.07, 6.45) is 3.20. The second-order valence-corrected chi connectivity index (χ2v) is 3.94. The van der Waals surface area contributed by atoms with Crippen LogP contribution in [0.15, 0.2) is 0 Å². The van der Waals surface area contributed by atoms with E-state index in [9.17, 15) is 0 Å². The number of hydrogen-bond donors (Lipinski definition) is 3. The largest absolute Gasteiger partial charge is 0.394 e. The Balaban J connectivity index is 1.84. The van der Waals surface area contributed by atoms with Crippen molar-refractivity contribution in [2.45, 2.75) is 25.4 Å². The standard InChI is InChI=1S/C10H22N2O2/c13-9-10(14)8-11-4-3-7-12-5-1-2-6-12/h10-11,13-14H,1-9H2. The van der Waals surface area contributed by atoms with Crippen molar-refractivity contribution in [2.24, 2.45) is 0 Å². The topological polar surface area (TPSA) is 55.7 Å². The third-order valence-electron chi connectivity index (χ3n) is 2.62. The molecule has 0 bridgehead atoms. The minimum absolute atomic E-state index is 0.154. The molecule has 1 fully saturated rings. The van der Waals surface area contributed by atoms with Gasteiger partial charge in [0, 0.05) is 6.54 Å². The van der Waals surface area contributed by atoms with Crippen molar-refractivity contribution < 1.29 is 10.2 Å². The van der Waals surface area contributed by atoms with Gasteiger partial charge in [-0.25, -0.2) is 0 Å². The van der Waals surface area contributed by atoms with Crippen molar-refractivity contribution >= 4 is 0 Å². The summed E-state index contributed by atoms with van der Waals surface area (Å²) in [7, 11) is 0. The van der Waals surface area contributed by atoms with Gasteiger partial charge in [0.1, 0.15) is 0 Å². The Morgan fingerprint density at radius 1 is 1.29 bits per heavy atom. The van der Waals surface area contributed by atoms with Gasteiger partial charge in [0.2, 0.25) is 0 Å². The molecule has 1 aliphatic rings. The zero-order valence-electron chi connectivity index (χ0n) is 8.78. The van der Waals surface area contributed by atoms with Crippen LogP contribution in [0.4, 0.5) is 0 Å². The molecule has 14 heavy (non-hydrogen) atoms. The molecule has 1 unspecified atom stereocenters. The maximum atomic E-state index is 9.05. The number of aliphatic hydroxyl groups is 2. The molecule has 3 N–H and O–H groups in total. The lowest BCUT2D eigenvalue weighted by Crippen LogP contribution is -2.31. The normalized spacial score (nSPS) is 20.1. The third kappa shape index (κ3) is 4.91. The van der Waals surface area contributed by atoms with Gasteiger partial charge in [-0.05, 0) is 45.4 Å². The molecular formula is C10H22N2O2. The first kappa shape index (κ1) is 11.9. The van der Waals surface area contributed by atoms with Gasteiger partial charge in [-0.2, -0.15) is 0 Å². The van der Waals surface area contributed by atoms with E-state index in [1.807, 2.05) is 0 Å². The van der Waals surface area contributed by atoms with Crippen molar-refractivity contribution in [3.63, 3.8) is 0 Å². The molecule has 4 heteroatoms. The van der Waals surface area contributed by atoms with E-state index in [1.165, 1.54) is 25.9 Å². The molecule has 1 atom stereocenters. The van der Waals surface area contributed by atoms with Gasteiger partial charge in [0.25, 0.3) is 0 Å². The molecule has 0 aromatic rings. The third-order valence-corrected chi connectivity index (χ3v) is 2.62. The molecule has 0 aliphatic carbocycles. The van der Waals surface area contributed by atoms with Crippen LogP contribution in [0.2, 0.25) is 0 Å². The number of likely N-dealkylation sites (tertiary alicyclic amines) is 1. The summed E-state index contributed by atoms with van der Waals surface area (Å²) < 4.78 is 0. The maximum Gasteiger partial charge on any atom is 0.0894 e. The first-order chi connectivity index (χ1) is 6.83. The maximum absolute atomic E-state index is 9.05. The Labute approximate surface area is 85.9 Å². The lowest BCUT2D eigenvalue weighted by atomic mass is 10.3. The zero-order chi connectivity index (χ0) is 10.2. The number of nitrogens with zero attached hydrogens (tertiary/aromatic N) is 1.